The van der Waals surface area contributed by atoms with E-state index in [1.807, 2.05) is 18.2 Å². The van der Waals surface area contributed by atoms with Crippen LogP contribution in [0.5, 0.6) is 5.75 Å². The van der Waals surface area contributed by atoms with E-state index in [2.05, 4.69) is 5.32 Å². The van der Waals surface area contributed by atoms with Gasteiger partial charge in [-0.3, -0.25) is 0 Å². The molecule has 0 aromatic heterocycles. The molecule has 0 atom stereocenters. The Labute approximate surface area is 78.6 Å². The lowest BCUT2D eigenvalue weighted by Gasteiger charge is -2.04. The Balaban J connectivity index is 1.82. The number of rotatable bonds is 4. The van der Waals surface area contributed by atoms with Crippen LogP contribution in [0.25, 0.3) is 0 Å². The van der Waals surface area contributed by atoms with Gasteiger partial charge in [-0.05, 0) is 37.4 Å². The molecule has 1 aromatic carbocycles. The first-order chi connectivity index (χ1) is 6.36. The highest BCUT2D eigenvalue weighted by molar-refractivity contribution is 5.31. The minimum absolute atomic E-state index is 0.417. The normalized spacial score (nSPS) is 16.0. The van der Waals surface area contributed by atoms with E-state index in [-0.39, 0.29) is 0 Å². The molecule has 1 aliphatic carbocycles. The molecule has 0 amide bonds. The number of phenols is 1. The molecule has 1 aliphatic rings. The minimum atomic E-state index is 0.417. The van der Waals surface area contributed by atoms with Crippen LogP contribution in [0.4, 0.5) is 0 Å². The summed E-state index contributed by atoms with van der Waals surface area (Å²) < 4.78 is 0. The van der Waals surface area contributed by atoms with Crippen molar-refractivity contribution in [3.63, 3.8) is 0 Å². The number of para-hydroxylation sites is 1. The van der Waals surface area contributed by atoms with Gasteiger partial charge in [0.25, 0.3) is 0 Å². The highest BCUT2D eigenvalue weighted by Crippen LogP contribution is 2.19. The Morgan fingerprint density at radius 2 is 2.08 bits per heavy atom. The quantitative estimate of drug-likeness (QED) is 0.733. The summed E-state index contributed by atoms with van der Waals surface area (Å²) >= 11 is 0. The molecule has 1 saturated carbocycles. The van der Waals surface area contributed by atoms with Gasteiger partial charge in [-0.1, -0.05) is 18.2 Å². The van der Waals surface area contributed by atoms with Crippen LogP contribution in [-0.2, 0) is 6.42 Å². The molecule has 2 rings (SSSR count). The van der Waals surface area contributed by atoms with Crippen LogP contribution >= 0.6 is 0 Å². The number of hydrogen-bond acceptors (Lipinski definition) is 2. The van der Waals surface area contributed by atoms with Crippen LogP contribution in [0.3, 0.4) is 0 Å². The first kappa shape index (κ1) is 8.57. The summed E-state index contributed by atoms with van der Waals surface area (Å²) in [4.78, 5) is 0. The largest absolute Gasteiger partial charge is 0.508 e. The van der Waals surface area contributed by atoms with Gasteiger partial charge >= 0.3 is 0 Å². The zero-order valence-electron chi connectivity index (χ0n) is 7.66. The van der Waals surface area contributed by atoms with Crippen molar-refractivity contribution in [1.29, 1.82) is 0 Å². The van der Waals surface area contributed by atoms with E-state index in [1.54, 1.807) is 6.07 Å². The lowest BCUT2D eigenvalue weighted by atomic mass is 10.1. The molecule has 70 valence electrons. The van der Waals surface area contributed by atoms with Crippen molar-refractivity contribution in [2.75, 3.05) is 6.54 Å². The van der Waals surface area contributed by atoms with E-state index in [4.69, 9.17) is 0 Å². The minimum Gasteiger partial charge on any atom is -0.508 e. The van der Waals surface area contributed by atoms with Gasteiger partial charge in [-0.2, -0.15) is 0 Å². The van der Waals surface area contributed by atoms with Gasteiger partial charge in [0.1, 0.15) is 5.75 Å². The highest BCUT2D eigenvalue weighted by Gasteiger charge is 2.19. The lowest BCUT2D eigenvalue weighted by Crippen LogP contribution is -2.19. The molecule has 0 heterocycles. The van der Waals surface area contributed by atoms with E-state index in [0.717, 1.165) is 24.6 Å². The molecular weight excluding hydrogens is 162 g/mol. The van der Waals surface area contributed by atoms with Gasteiger partial charge in [0.05, 0.1) is 0 Å². The molecule has 2 N–H and O–H groups in total. The van der Waals surface area contributed by atoms with E-state index in [1.165, 1.54) is 12.8 Å². The third-order valence-electron chi connectivity index (χ3n) is 2.40. The monoisotopic (exact) mass is 177 g/mol. The van der Waals surface area contributed by atoms with Crippen molar-refractivity contribution in [3.8, 4) is 5.75 Å². The fourth-order valence-corrected chi connectivity index (χ4v) is 1.42. The number of aromatic hydroxyl groups is 1. The van der Waals surface area contributed by atoms with Crippen LogP contribution in [-0.4, -0.2) is 17.7 Å². The second-order valence-corrected chi connectivity index (χ2v) is 3.61. The van der Waals surface area contributed by atoms with Crippen LogP contribution in [0, 0.1) is 0 Å². The maximum Gasteiger partial charge on any atom is 0.118 e. The molecule has 0 radical (unpaired) electrons. The summed E-state index contributed by atoms with van der Waals surface area (Å²) in [5, 5.41) is 12.9. The maximum absolute atomic E-state index is 9.46. The first-order valence-electron chi connectivity index (χ1n) is 4.86. The predicted molar refractivity (Wildman–Crippen MR) is 52.8 cm³/mol. The number of phenolic OH excluding ortho intramolecular Hbond substituents is 1. The Hall–Kier alpha value is -1.02. The van der Waals surface area contributed by atoms with Crippen LogP contribution in [0.2, 0.25) is 0 Å². The highest BCUT2D eigenvalue weighted by atomic mass is 16.3. The van der Waals surface area contributed by atoms with Crippen molar-refractivity contribution < 1.29 is 5.11 Å². The third-order valence-corrected chi connectivity index (χ3v) is 2.40. The van der Waals surface area contributed by atoms with Gasteiger partial charge in [-0.25, -0.2) is 0 Å². The molecule has 13 heavy (non-hydrogen) atoms. The Morgan fingerprint density at radius 3 is 2.77 bits per heavy atom. The summed E-state index contributed by atoms with van der Waals surface area (Å²) in [6, 6.07) is 8.29. The second kappa shape index (κ2) is 3.79. The van der Waals surface area contributed by atoms with E-state index < -0.39 is 0 Å². The smallest absolute Gasteiger partial charge is 0.118 e. The number of hydrogen-bond donors (Lipinski definition) is 2. The maximum atomic E-state index is 9.46. The summed E-state index contributed by atoms with van der Waals surface area (Å²) in [5.74, 6) is 0.417. The Bertz CT molecular complexity index is 281. The Kier molecular flexibility index (Phi) is 2.50. The van der Waals surface area contributed by atoms with Gasteiger partial charge in [0.2, 0.25) is 0 Å². The fourth-order valence-electron chi connectivity index (χ4n) is 1.42. The van der Waals surface area contributed by atoms with Crippen LogP contribution in [0.15, 0.2) is 24.3 Å². The topological polar surface area (TPSA) is 32.3 Å². The molecule has 0 bridgehead atoms. The van der Waals surface area contributed by atoms with Gasteiger partial charge < -0.3 is 10.4 Å². The zero-order valence-corrected chi connectivity index (χ0v) is 7.66. The third kappa shape index (κ3) is 2.46. The van der Waals surface area contributed by atoms with Crippen molar-refractivity contribution >= 4 is 0 Å². The average Bonchev–Trinajstić information content (AvgIpc) is 2.92. The van der Waals surface area contributed by atoms with Gasteiger partial charge in [0.15, 0.2) is 0 Å². The summed E-state index contributed by atoms with van der Waals surface area (Å²) in [6.07, 6.45) is 3.56. The lowest BCUT2D eigenvalue weighted by molar-refractivity contribution is 0.467. The summed E-state index contributed by atoms with van der Waals surface area (Å²) in [6.45, 7) is 0.974. The molecule has 1 aromatic rings. The number of nitrogens with one attached hydrogen (secondary N) is 1. The van der Waals surface area contributed by atoms with Gasteiger partial charge in [0, 0.05) is 6.04 Å². The average molecular weight is 177 g/mol. The molecule has 0 saturated heterocycles. The SMILES string of the molecule is Oc1ccccc1CCNC1CC1. The molecular formula is C11H15NO. The van der Waals surface area contributed by atoms with Crippen molar-refractivity contribution in [1.82, 2.24) is 5.32 Å². The molecule has 0 unspecified atom stereocenters. The van der Waals surface area contributed by atoms with Crippen molar-refractivity contribution in [2.45, 2.75) is 25.3 Å². The summed E-state index contributed by atoms with van der Waals surface area (Å²) in [7, 11) is 0. The standard InChI is InChI=1S/C11H15NO/c13-11-4-2-1-3-9(11)7-8-12-10-5-6-10/h1-4,10,12-13H,5-8H2. The van der Waals surface area contributed by atoms with Gasteiger partial charge in [-0.15, -0.1) is 0 Å². The van der Waals surface area contributed by atoms with Crippen LogP contribution in [0.1, 0.15) is 18.4 Å². The van der Waals surface area contributed by atoms with E-state index in [9.17, 15) is 5.11 Å². The van der Waals surface area contributed by atoms with Crippen LogP contribution < -0.4 is 5.32 Å². The Morgan fingerprint density at radius 1 is 1.31 bits per heavy atom. The first-order valence-corrected chi connectivity index (χ1v) is 4.86. The zero-order chi connectivity index (χ0) is 9.10. The van der Waals surface area contributed by atoms with E-state index in [0.29, 0.717) is 5.75 Å². The van der Waals surface area contributed by atoms with Crippen molar-refractivity contribution in [2.24, 2.45) is 0 Å². The van der Waals surface area contributed by atoms with Crippen molar-refractivity contribution in [3.05, 3.63) is 29.8 Å². The molecule has 0 aliphatic heterocycles. The fraction of sp³-hybridized carbons (Fsp3) is 0.455. The van der Waals surface area contributed by atoms with E-state index >= 15 is 0 Å². The second-order valence-electron chi connectivity index (χ2n) is 3.61. The summed E-state index contributed by atoms with van der Waals surface area (Å²) in [5.41, 5.74) is 1.04. The predicted octanol–water partition coefficient (Wildman–Crippen LogP) is 1.69. The number of benzene rings is 1. The molecule has 1 fully saturated rings. The molecule has 2 heteroatoms. The molecule has 0 spiro atoms. The molecule has 2 nitrogen and oxygen atoms in total.